The van der Waals surface area contributed by atoms with E-state index in [-0.39, 0.29) is 5.56 Å². The van der Waals surface area contributed by atoms with E-state index < -0.39 is 5.97 Å². The summed E-state index contributed by atoms with van der Waals surface area (Å²) in [7, 11) is 0. The molecule has 0 fully saturated rings. The molecule has 0 spiro atoms. The van der Waals surface area contributed by atoms with Crippen LogP contribution >= 0.6 is 23.4 Å². The molecule has 5 heteroatoms. The first kappa shape index (κ1) is 12.0. The van der Waals surface area contributed by atoms with Crippen LogP contribution in [0.5, 0.6) is 0 Å². The number of nitrogens with zero attached hydrogens (tertiary/aromatic N) is 1. The van der Waals surface area contributed by atoms with E-state index in [0.717, 1.165) is 4.90 Å². The number of benzene rings is 1. The largest absolute Gasteiger partial charge is 0.478 e. The second-order valence-electron chi connectivity index (χ2n) is 3.22. The van der Waals surface area contributed by atoms with E-state index in [2.05, 4.69) is 4.98 Å². The standard InChI is InChI=1S/C12H8ClNO2S/c13-9-3-1-2-4-10(9)17-11-7-8(12(15)16)5-6-14-11/h1-7H,(H,15,16). The number of halogens is 1. The summed E-state index contributed by atoms with van der Waals surface area (Å²) < 4.78 is 0. The average Bonchev–Trinajstić information content (AvgIpc) is 2.32. The third-order valence-electron chi connectivity index (χ3n) is 2.03. The molecule has 0 atom stereocenters. The zero-order valence-electron chi connectivity index (χ0n) is 8.63. The Kier molecular flexibility index (Phi) is 3.66. The van der Waals surface area contributed by atoms with Gasteiger partial charge in [-0.1, -0.05) is 35.5 Å². The molecular weight excluding hydrogens is 258 g/mol. The number of carboxylic acids is 1. The van der Waals surface area contributed by atoms with Gasteiger partial charge >= 0.3 is 5.97 Å². The normalized spacial score (nSPS) is 10.2. The van der Waals surface area contributed by atoms with Crippen LogP contribution in [0.4, 0.5) is 0 Å². The van der Waals surface area contributed by atoms with Gasteiger partial charge in [-0.05, 0) is 24.3 Å². The highest BCUT2D eigenvalue weighted by Crippen LogP contribution is 2.31. The summed E-state index contributed by atoms with van der Waals surface area (Å²) in [5.74, 6) is -0.964. The highest BCUT2D eigenvalue weighted by molar-refractivity contribution is 7.99. The molecule has 0 amide bonds. The molecule has 2 rings (SSSR count). The van der Waals surface area contributed by atoms with Crippen LogP contribution < -0.4 is 0 Å². The van der Waals surface area contributed by atoms with Gasteiger partial charge in [0.1, 0.15) is 5.03 Å². The van der Waals surface area contributed by atoms with E-state index in [9.17, 15) is 4.79 Å². The second-order valence-corrected chi connectivity index (χ2v) is 4.69. The Labute approximate surface area is 107 Å². The van der Waals surface area contributed by atoms with Crippen molar-refractivity contribution in [1.82, 2.24) is 4.98 Å². The molecule has 1 N–H and O–H groups in total. The van der Waals surface area contributed by atoms with Crippen molar-refractivity contribution in [3.63, 3.8) is 0 Å². The minimum absolute atomic E-state index is 0.217. The van der Waals surface area contributed by atoms with Crippen LogP contribution in [0.1, 0.15) is 10.4 Å². The molecule has 0 bridgehead atoms. The van der Waals surface area contributed by atoms with E-state index in [1.807, 2.05) is 18.2 Å². The molecule has 2 aromatic rings. The lowest BCUT2D eigenvalue weighted by Crippen LogP contribution is -1.96. The van der Waals surface area contributed by atoms with Crippen LogP contribution in [-0.4, -0.2) is 16.1 Å². The van der Waals surface area contributed by atoms with Crippen molar-refractivity contribution in [3.05, 3.63) is 53.2 Å². The molecule has 1 aromatic carbocycles. The molecule has 0 aliphatic carbocycles. The predicted octanol–water partition coefficient (Wildman–Crippen LogP) is 3.58. The highest BCUT2D eigenvalue weighted by Gasteiger charge is 2.07. The quantitative estimate of drug-likeness (QED) is 0.921. The van der Waals surface area contributed by atoms with Crippen LogP contribution in [-0.2, 0) is 0 Å². The fourth-order valence-corrected chi connectivity index (χ4v) is 2.33. The van der Waals surface area contributed by atoms with Gasteiger partial charge in [0.2, 0.25) is 0 Å². The Morgan fingerprint density at radius 2 is 2.06 bits per heavy atom. The first-order valence-electron chi connectivity index (χ1n) is 4.78. The Balaban J connectivity index is 2.28. The van der Waals surface area contributed by atoms with E-state index in [0.29, 0.717) is 10.0 Å². The van der Waals surface area contributed by atoms with Crippen LogP contribution in [0, 0.1) is 0 Å². The first-order valence-corrected chi connectivity index (χ1v) is 5.98. The zero-order valence-corrected chi connectivity index (χ0v) is 10.2. The Bertz CT molecular complexity index is 560. The number of aromatic nitrogens is 1. The number of aromatic carboxylic acids is 1. The summed E-state index contributed by atoms with van der Waals surface area (Å²) in [4.78, 5) is 15.8. The lowest BCUT2D eigenvalue weighted by molar-refractivity contribution is 0.0696. The van der Waals surface area contributed by atoms with Crippen LogP contribution in [0.3, 0.4) is 0 Å². The molecule has 0 saturated heterocycles. The van der Waals surface area contributed by atoms with Crippen molar-refractivity contribution in [1.29, 1.82) is 0 Å². The fraction of sp³-hybridized carbons (Fsp3) is 0. The maximum atomic E-state index is 10.8. The van der Waals surface area contributed by atoms with Crippen LogP contribution in [0.25, 0.3) is 0 Å². The maximum Gasteiger partial charge on any atom is 0.335 e. The Morgan fingerprint density at radius 3 is 2.76 bits per heavy atom. The van der Waals surface area contributed by atoms with E-state index in [1.165, 1.54) is 30.1 Å². The fourth-order valence-electron chi connectivity index (χ4n) is 1.24. The number of hydrogen-bond donors (Lipinski definition) is 1. The van der Waals surface area contributed by atoms with Crippen molar-refractivity contribution in [2.24, 2.45) is 0 Å². The van der Waals surface area contributed by atoms with Crippen molar-refractivity contribution in [2.75, 3.05) is 0 Å². The van der Waals surface area contributed by atoms with Gasteiger partial charge in [-0.25, -0.2) is 9.78 Å². The summed E-state index contributed by atoms with van der Waals surface area (Å²) in [5.41, 5.74) is 0.217. The smallest absolute Gasteiger partial charge is 0.335 e. The molecule has 0 saturated carbocycles. The average molecular weight is 266 g/mol. The molecule has 1 aromatic heterocycles. The number of rotatable bonds is 3. The number of carbonyl (C=O) groups is 1. The Morgan fingerprint density at radius 1 is 1.29 bits per heavy atom. The van der Waals surface area contributed by atoms with Gasteiger partial charge in [0.15, 0.2) is 0 Å². The van der Waals surface area contributed by atoms with E-state index >= 15 is 0 Å². The van der Waals surface area contributed by atoms with Gasteiger partial charge in [0.25, 0.3) is 0 Å². The third kappa shape index (κ3) is 2.99. The molecule has 0 aliphatic rings. The lowest BCUT2D eigenvalue weighted by Gasteiger charge is -2.03. The number of pyridine rings is 1. The topological polar surface area (TPSA) is 50.2 Å². The van der Waals surface area contributed by atoms with Gasteiger partial charge in [-0.15, -0.1) is 0 Å². The third-order valence-corrected chi connectivity index (χ3v) is 3.48. The zero-order chi connectivity index (χ0) is 12.3. The molecule has 17 heavy (non-hydrogen) atoms. The van der Waals surface area contributed by atoms with Gasteiger partial charge in [-0.2, -0.15) is 0 Å². The van der Waals surface area contributed by atoms with Crippen molar-refractivity contribution in [2.45, 2.75) is 9.92 Å². The highest BCUT2D eigenvalue weighted by atomic mass is 35.5. The summed E-state index contributed by atoms with van der Waals surface area (Å²) in [6.45, 7) is 0. The summed E-state index contributed by atoms with van der Waals surface area (Å²) >= 11 is 7.35. The first-order chi connectivity index (χ1) is 8.16. The molecule has 0 aliphatic heterocycles. The van der Waals surface area contributed by atoms with Gasteiger partial charge in [0, 0.05) is 11.1 Å². The minimum Gasteiger partial charge on any atom is -0.478 e. The second kappa shape index (κ2) is 5.21. The van der Waals surface area contributed by atoms with Gasteiger partial charge in [-0.3, -0.25) is 0 Å². The van der Waals surface area contributed by atoms with Gasteiger partial charge in [0.05, 0.1) is 10.6 Å². The molecule has 1 heterocycles. The van der Waals surface area contributed by atoms with E-state index in [4.69, 9.17) is 16.7 Å². The molecule has 0 unspecified atom stereocenters. The van der Waals surface area contributed by atoms with Crippen LogP contribution in [0.15, 0.2) is 52.5 Å². The minimum atomic E-state index is -0.964. The SMILES string of the molecule is O=C(O)c1ccnc(Sc2ccccc2Cl)c1. The summed E-state index contributed by atoms with van der Waals surface area (Å²) in [5, 5.41) is 10.1. The summed E-state index contributed by atoms with van der Waals surface area (Å²) in [6.07, 6.45) is 1.47. The molecular formula is C12H8ClNO2S. The van der Waals surface area contributed by atoms with Crippen molar-refractivity contribution < 1.29 is 9.90 Å². The van der Waals surface area contributed by atoms with Crippen molar-refractivity contribution >= 4 is 29.3 Å². The predicted molar refractivity (Wildman–Crippen MR) is 66.8 cm³/mol. The Hall–Kier alpha value is -1.52. The monoisotopic (exact) mass is 265 g/mol. The number of carboxylic acid groups (broad SMARTS) is 1. The van der Waals surface area contributed by atoms with Crippen molar-refractivity contribution in [3.8, 4) is 0 Å². The van der Waals surface area contributed by atoms with Gasteiger partial charge < -0.3 is 5.11 Å². The maximum absolute atomic E-state index is 10.8. The van der Waals surface area contributed by atoms with E-state index in [1.54, 1.807) is 6.07 Å². The molecule has 3 nitrogen and oxygen atoms in total. The molecule has 86 valence electrons. The molecule has 0 radical (unpaired) electrons. The summed E-state index contributed by atoms with van der Waals surface area (Å²) in [6, 6.07) is 10.3. The lowest BCUT2D eigenvalue weighted by atomic mass is 10.3. The van der Waals surface area contributed by atoms with Crippen LogP contribution in [0.2, 0.25) is 5.02 Å². The number of hydrogen-bond acceptors (Lipinski definition) is 3.